The maximum absolute atomic E-state index is 12.1. The Hall–Kier alpha value is -3.35. The standard InChI is InChI=1S/C19H19N5O2/c1-10-5-4-6-13(9-10)18-22-19-21-12(3)15(17(20)25)16(24(19)23-18)14-8-7-11(2)26-14/h4-9,16H,1-3H3,(H2,20,25)(H,21,22,23). The number of furan rings is 1. The lowest BCUT2D eigenvalue weighted by molar-refractivity contribution is -0.115. The Morgan fingerprint density at radius 1 is 1.23 bits per heavy atom. The number of fused-ring (bicyclic) bond motifs is 1. The number of allylic oxidation sites excluding steroid dienone is 1. The molecule has 1 unspecified atom stereocenters. The van der Waals surface area contributed by atoms with E-state index in [9.17, 15) is 4.79 Å². The van der Waals surface area contributed by atoms with Gasteiger partial charge < -0.3 is 15.5 Å². The van der Waals surface area contributed by atoms with Gasteiger partial charge in [-0.05, 0) is 39.0 Å². The van der Waals surface area contributed by atoms with Crippen LogP contribution in [0.25, 0.3) is 11.4 Å². The van der Waals surface area contributed by atoms with Crippen molar-refractivity contribution in [3.63, 3.8) is 0 Å². The minimum Gasteiger partial charge on any atom is -0.464 e. The van der Waals surface area contributed by atoms with Gasteiger partial charge in [0.25, 0.3) is 0 Å². The van der Waals surface area contributed by atoms with Crippen LogP contribution >= 0.6 is 0 Å². The monoisotopic (exact) mass is 349 g/mol. The summed E-state index contributed by atoms with van der Waals surface area (Å²) in [5, 5.41) is 7.77. The number of hydrogen-bond acceptors (Lipinski definition) is 5. The largest absolute Gasteiger partial charge is 0.464 e. The molecule has 1 aromatic carbocycles. The normalized spacial score (nSPS) is 16.3. The van der Waals surface area contributed by atoms with Crippen LogP contribution < -0.4 is 11.1 Å². The summed E-state index contributed by atoms with van der Waals surface area (Å²) in [6.07, 6.45) is 0. The van der Waals surface area contributed by atoms with Gasteiger partial charge in [0.2, 0.25) is 11.9 Å². The number of rotatable bonds is 3. The fourth-order valence-electron chi connectivity index (χ4n) is 3.24. The molecule has 0 radical (unpaired) electrons. The maximum atomic E-state index is 12.1. The molecule has 0 saturated carbocycles. The molecule has 1 aliphatic heterocycles. The Morgan fingerprint density at radius 2 is 2.04 bits per heavy atom. The van der Waals surface area contributed by atoms with Crippen molar-refractivity contribution in [2.45, 2.75) is 26.8 Å². The van der Waals surface area contributed by atoms with E-state index in [4.69, 9.17) is 10.2 Å². The van der Waals surface area contributed by atoms with Crippen molar-refractivity contribution in [3.8, 4) is 11.4 Å². The van der Waals surface area contributed by atoms with E-state index < -0.39 is 11.9 Å². The van der Waals surface area contributed by atoms with Gasteiger partial charge in [-0.2, -0.15) is 4.98 Å². The van der Waals surface area contributed by atoms with Gasteiger partial charge in [-0.25, -0.2) is 4.68 Å². The van der Waals surface area contributed by atoms with E-state index in [0.717, 1.165) is 16.9 Å². The van der Waals surface area contributed by atoms with Crippen LogP contribution in [0.15, 0.2) is 52.1 Å². The third-order valence-corrected chi connectivity index (χ3v) is 4.42. The zero-order chi connectivity index (χ0) is 18.4. The van der Waals surface area contributed by atoms with Crippen molar-refractivity contribution in [1.82, 2.24) is 14.8 Å². The van der Waals surface area contributed by atoms with Crippen LogP contribution in [0.5, 0.6) is 0 Å². The Labute approximate surface area is 150 Å². The highest BCUT2D eigenvalue weighted by molar-refractivity contribution is 5.95. The summed E-state index contributed by atoms with van der Waals surface area (Å²) in [6.45, 7) is 5.67. The molecule has 0 spiro atoms. The minimum atomic E-state index is -0.552. The fourth-order valence-corrected chi connectivity index (χ4v) is 3.24. The van der Waals surface area contributed by atoms with E-state index in [2.05, 4.69) is 15.4 Å². The second kappa shape index (κ2) is 5.87. The van der Waals surface area contributed by atoms with Crippen molar-refractivity contribution in [2.24, 2.45) is 5.73 Å². The van der Waals surface area contributed by atoms with Crippen LogP contribution in [0.1, 0.15) is 30.0 Å². The summed E-state index contributed by atoms with van der Waals surface area (Å²) in [7, 11) is 0. The average Bonchev–Trinajstić information content (AvgIpc) is 3.19. The SMILES string of the molecule is CC1=C(C(N)=O)C(c2ccc(C)o2)n2nc(-c3cccc(C)c3)nc2N1. The lowest BCUT2D eigenvalue weighted by Gasteiger charge is -2.25. The van der Waals surface area contributed by atoms with Crippen LogP contribution in [-0.4, -0.2) is 20.7 Å². The molecule has 1 aliphatic rings. The summed E-state index contributed by atoms with van der Waals surface area (Å²) >= 11 is 0. The van der Waals surface area contributed by atoms with Crippen molar-refractivity contribution < 1.29 is 9.21 Å². The maximum Gasteiger partial charge on any atom is 0.249 e. The van der Waals surface area contributed by atoms with E-state index in [1.54, 1.807) is 11.6 Å². The van der Waals surface area contributed by atoms with Gasteiger partial charge in [0, 0.05) is 11.3 Å². The number of amides is 1. The van der Waals surface area contributed by atoms with Crippen molar-refractivity contribution in [2.75, 3.05) is 5.32 Å². The Balaban J connectivity index is 1.88. The number of nitrogens with zero attached hydrogens (tertiary/aromatic N) is 3. The number of hydrogen-bond donors (Lipinski definition) is 2. The summed E-state index contributed by atoms with van der Waals surface area (Å²) in [5.74, 6) is 1.94. The molecule has 3 aromatic rings. The summed E-state index contributed by atoms with van der Waals surface area (Å²) in [4.78, 5) is 16.7. The zero-order valence-corrected chi connectivity index (χ0v) is 14.8. The third-order valence-electron chi connectivity index (χ3n) is 4.42. The first-order valence-electron chi connectivity index (χ1n) is 8.31. The van der Waals surface area contributed by atoms with Gasteiger partial charge in [-0.1, -0.05) is 23.8 Å². The van der Waals surface area contributed by atoms with Gasteiger partial charge in [0.05, 0.1) is 5.57 Å². The molecule has 4 rings (SSSR count). The zero-order valence-electron chi connectivity index (χ0n) is 14.8. The number of aromatic nitrogens is 3. The van der Waals surface area contributed by atoms with Crippen LogP contribution in [0.3, 0.4) is 0 Å². The van der Waals surface area contributed by atoms with E-state index in [0.29, 0.717) is 28.8 Å². The van der Waals surface area contributed by atoms with Gasteiger partial charge in [0.15, 0.2) is 5.82 Å². The quantitative estimate of drug-likeness (QED) is 0.757. The number of nitrogens with one attached hydrogen (secondary N) is 1. The number of primary amides is 1. The van der Waals surface area contributed by atoms with E-state index in [-0.39, 0.29) is 0 Å². The predicted molar refractivity (Wildman–Crippen MR) is 97.3 cm³/mol. The van der Waals surface area contributed by atoms with Crippen LogP contribution in [0, 0.1) is 13.8 Å². The molecule has 3 N–H and O–H groups in total. The molecule has 1 atom stereocenters. The van der Waals surface area contributed by atoms with Gasteiger partial charge >= 0.3 is 0 Å². The highest BCUT2D eigenvalue weighted by atomic mass is 16.3. The Kier molecular flexibility index (Phi) is 3.64. The van der Waals surface area contributed by atoms with E-state index in [1.807, 2.05) is 50.2 Å². The van der Waals surface area contributed by atoms with Crippen LogP contribution in [0.4, 0.5) is 5.95 Å². The number of nitrogens with two attached hydrogens (primary N) is 1. The van der Waals surface area contributed by atoms with Crippen molar-refractivity contribution in [1.29, 1.82) is 0 Å². The van der Waals surface area contributed by atoms with E-state index in [1.165, 1.54) is 0 Å². The second-order valence-corrected chi connectivity index (χ2v) is 6.45. The third kappa shape index (κ3) is 2.57. The molecule has 132 valence electrons. The first kappa shape index (κ1) is 16.1. The molecule has 2 aromatic heterocycles. The average molecular weight is 349 g/mol. The fraction of sp³-hybridized carbons (Fsp3) is 0.211. The molecular formula is C19H19N5O2. The van der Waals surface area contributed by atoms with Gasteiger partial charge in [-0.15, -0.1) is 5.10 Å². The first-order chi connectivity index (χ1) is 12.4. The number of carbonyl (C=O) groups excluding carboxylic acids is 1. The van der Waals surface area contributed by atoms with Gasteiger partial charge in [0.1, 0.15) is 17.6 Å². The number of aryl methyl sites for hydroxylation is 2. The summed E-state index contributed by atoms with van der Waals surface area (Å²) in [5.41, 5.74) is 8.73. The lowest BCUT2D eigenvalue weighted by Crippen LogP contribution is -2.31. The molecule has 7 nitrogen and oxygen atoms in total. The predicted octanol–water partition coefficient (Wildman–Crippen LogP) is 2.93. The van der Waals surface area contributed by atoms with Crippen molar-refractivity contribution >= 4 is 11.9 Å². The topological polar surface area (TPSA) is 99.0 Å². The van der Waals surface area contributed by atoms with Crippen molar-refractivity contribution in [3.05, 3.63) is 64.8 Å². The minimum absolute atomic E-state index is 0.410. The molecule has 0 bridgehead atoms. The molecule has 0 fully saturated rings. The van der Waals surface area contributed by atoms with Gasteiger partial charge in [-0.3, -0.25) is 4.79 Å². The first-order valence-corrected chi connectivity index (χ1v) is 8.31. The summed E-state index contributed by atoms with van der Waals surface area (Å²) in [6, 6.07) is 11.1. The number of carbonyl (C=O) groups is 1. The summed E-state index contributed by atoms with van der Waals surface area (Å²) < 4.78 is 7.44. The molecule has 26 heavy (non-hydrogen) atoms. The number of benzene rings is 1. The Bertz CT molecular complexity index is 1040. The molecule has 0 aliphatic carbocycles. The number of anilines is 1. The molecule has 0 saturated heterocycles. The highest BCUT2D eigenvalue weighted by Crippen LogP contribution is 2.36. The molecule has 3 heterocycles. The molecule has 7 heteroatoms. The van der Waals surface area contributed by atoms with E-state index >= 15 is 0 Å². The molecular weight excluding hydrogens is 330 g/mol. The highest BCUT2D eigenvalue weighted by Gasteiger charge is 2.35. The smallest absolute Gasteiger partial charge is 0.249 e. The lowest BCUT2D eigenvalue weighted by atomic mass is 10.0. The molecule has 1 amide bonds. The van der Waals surface area contributed by atoms with Crippen LogP contribution in [-0.2, 0) is 4.79 Å². The second-order valence-electron chi connectivity index (χ2n) is 6.45. The Morgan fingerprint density at radius 3 is 2.69 bits per heavy atom. The van der Waals surface area contributed by atoms with Crippen LogP contribution in [0.2, 0.25) is 0 Å².